The Bertz CT molecular complexity index is 1030. The van der Waals surface area contributed by atoms with Gasteiger partial charge in [-0.1, -0.05) is 52.0 Å². The van der Waals surface area contributed by atoms with Crippen molar-refractivity contribution in [2.24, 2.45) is 5.92 Å². The summed E-state index contributed by atoms with van der Waals surface area (Å²) in [7, 11) is -2.62. The Kier molecular flexibility index (Phi) is 9.82. The van der Waals surface area contributed by atoms with Gasteiger partial charge in [0.25, 0.3) is 0 Å². The molecule has 0 aliphatic carbocycles. The van der Waals surface area contributed by atoms with Crippen molar-refractivity contribution >= 4 is 15.9 Å². The van der Waals surface area contributed by atoms with Gasteiger partial charge in [-0.15, -0.1) is 0 Å². The molecule has 0 radical (unpaired) electrons. The lowest BCUT2D eigenvalue weighted by Crippen LogP contribution is -2.51. The Balaban J connectivity index is 2.23. The summed E-state index contributed by atoms with van der Waals surface area (Å²) in [6, 6.07) is 11.5. The molecule has 0 aromatic heterocycles. The van der Waals surface area contributed by atoms with Crippen LogP contribution in [0.3, 0.4) is 0 Å². The fourth-order valence-corrected chi connectivity index (χ4v) is 5.09. The van der Waals surface area contributed by atoms with Crippen molar-refractivity contribution in [2.75, 3.05) is 26.7 Å². The van der Waals surface area contributed by atoms with Gasteiger partial charge in [0.05, 0.1) is 13.2 Å². The van der Waals surface area contributed by atoms with Gasteiger partial charge in [0, 0.05) is 6.54 Å². The maximum atomic E-state index is 14.1. The van der Waals surface area contributed by atoms with E-state index in [2.05, 4.69) is 14.9 Å². The summed E-state index contributed by atoms with van der Waals surface area (Å²) in [5.41, 5.74) is 0.978. The lowest BCUT2D eigenvalue weighted by atomic mass is 10.0. The van der Waals surface area contributed by atoms with E-state index < -0.39 is 32.7 Å². The van der Waals surface area contributed by atoms with Crippen molar-refractivity contribution in [2.45, 2.75) is 44.7 Å². The topological polar surface area (TPSA) is 87.7 Å². The zero-order valence-corrected chi connectivity index (χ0v) is 20.7. The molecule has 33 heavy (non-hydrogen) atoms. The number of nitrogens with zero attached hydrogens (tertiary/aromatic N) is 1. The maximum absolute atomic E-state index is 14.1. The molecule has 2 aromatic carbocycles. The summed E-state index contributed by atoms with van der Waals surface area (Å²) in [4.78, 5) is 14.8. The fraction of sp³-hybridized carbons (Fsp3) is 0.458. The molecule has 0 heterocycles. The van der Waals surface area contributed by atoms with Crippen LogP contribution in [-0.2, 0) is 14.8 Å². The van der Waals surface area contributed by atoms with Crippen LogP contribution >= 0.6 is 0 Å². The van der Waals surface area contributed by atoms with Gasteiger partial charge in [-0.05, 0) is 48.8 Å². The molecule has 0 saturated heterocycles. The first-order valence-electron chi connectivity index (χ1n) is 11.1. The number of halogens is 1. The maximum Gasteiger partial charge on any atom is 0.244 e. The van der Waals surface area contributed by atoms with Crippen LogP contribution in [0.5, 0.6) is 5.75 Å². The second-order valence-electron chi connectivity index (χ2n) is 8.03. The van der Waals surface area contributed by atoms with Crippen LogP contribution in [0.4, 0.5) is 4.39 Å². The van der Waals surface area contributed by atoms with E-state index in [1.54, 1.807) is 21.0 Å². The summed E-state index contributed by atoms with van der Waals surface area (Å²) in [5.74, 6) is -0.971. The van der Waals surface area contributed by atoms with E-state index in [0.29, 0.717) is 5.75 Å². The van der Waals surface area contributed by atoms with Gasteiger partial charge in [0.1, 0.15) is 22.5 Å². The number of carbonyl (C=O) groups excluding carboxylic acids is 1. The van der Waals surface area contributed by atoms with Gasteiger partial charge in [-0.25, -0.2) is 12.8 Å². The van der Waals surface area contributed by atoms with E-state index in [4.69, 9.17) is 4.74 Å². The van der Waals surface area contributed by atoms with E-state index in [1.165, 1.54) is 18.2 Å². The van der Waals surface area contributed by atoms with Crippen LogP contribution < -0.4 is 14.8 Å². The number of likely N-dealkylation sites (N-methyl/N-ethyl adjacent to an activating group) is 1. The Hall–Kier alpha value is -2.49. The largest absolute Gasteiger partial charge is 0.497 e. The molecule has 2 aromatic rings. The number of ether oxygens (including phenoxy) is 1. The summed E-state index contributed by atoms with van der Waals surface area (Å²) in [6.07, 6.45) is 0. The van der Waals surface area contributed by atoms with E-state index in [0.717, 1.165) is 24.7 Å². The molecule has 0 saturated carbocycles. The van der Waals surface area contributed by atoms with Crippen LogP contribution in [0.25, 0.3) is 0 Å². The van der Waals surface area contributed by atoms with Crippen molar-refractivity contribution in [1.29, 1.82) is 0 Å². The SMILES string of the molecule is CCN(CC)C(CNC(=O)[C@@H](NS(=O)(=O)c1ccccc1F)C(C)C)c1cccc(OC)c1. The number of methoxy groups -OCH3 is 1. The Morgan fingerprint density at radius 2 is 1.76 bits per heavy atom. The number of rotatable bonds is 12. The molecule has 7 nitrogen and oxygen atoms in total. The van der Waals surface area contributed by atoms with Crippen molar-refractivity contribution in [3.05, 3.63) is 59.9 Å². The van der Waals surface area contributed by atoms with Crippen LogP contribution in [0.15, 0.2) is 53.4 Å². The van der Waals surface area contributed by atoms with Gasteiger partial charge in [0.15, 0.2) is 0 Å². The van der Waals surface area contributed by atoms with E-state index in [9.17, 15) is 17.6 Å². The van der Waals surface area contributed by atoms with Gasteiger partial charge < -0.3 is 10.1 Å². The highest BCUT2D eigenvalue weighted by Crippen LogP contribution is 2.24. The minimum Gasteiger partial charge on any atom is -0.497 e. The second-order valence-corrected chi connectivity index (χ2v) is 9.71. The highest BCUT2D eigenvalue weighted by Gasteiger charge is 2.30. The zero-order valence-electron chi connectivity index (χ0n) is 19.8. The van der Waals surface area contributed by atoms with Gasteiger partial charge in [0.2, 0.25) is 15.9 Å². The minimum atomic E-state index is -4.22. The predicted molar refractivity (Wildman–Crippen MR) is 127 cm³/mol. The van der Waals surface area contributed by atoms with Crippen LogP contribution in [0, 0.1) is 11.7 Å². The molecule has 1 amide bonds. The lowest BCUT2D eigenvalue weighted by molar-refractivity contribution is -0.123. The Morgan fingerprint density at radius 1 is 1.09 bits per heavy atom. The number of carbonyl (C=O) groups is 1. The van der Waals surface area contributed by atoms with Crippen LogP contribution in [0.1, 0.15) is 39.3 Å². The quantitative estimate of drug-likeness (QED) is 0.488. The summed E-state index contributed by atoms with van der Waals surface area (Å²) < 4.78 is 47.3. The smallest absolute Gasteiger partial charge is 0.244 e. The average Bonchev–Trinajstić information content (AvgIpc) is 2.80. The third kappa shape index (κ3) is 6.99. The molecule has 9 heteroatoms. The molecule has 0 bridgehead atoms. The number of nitrogens with one attached hydrogen (secondary N) is 2. The number of amides is 1. The van der Waals surface area contributed by atoms with Crippen LogP contribution in [0.2, 0.25) is 0 Å². The van der Waals surface area contributed by atoms with Crippen molar-refractivity contribution in [3.8, 4) is 5.75 Å². The predicted octanol–water partition coefficient (Wildman–Crippen LogP) is 3.34. The first-order chi connectivity index (χ1) is 15.6. The molecule has 182 valence electrons. The summed E-state index contributed by atoms with van der Waals surface area (Å²) in [6.45, 7) is 9.36. The van der Waals surface area contributed by atoms with E-state index in [-0.39, 0.29) is 18.5 Å². The molecule has 0 spiro atoms. The average molecular weight is 480 g/mol. The number of hydrogen-bond acceptors (Lipinski definition) is 5. The third-order valence-corrected chi connectivity index (χ3v) is 7.03. The minimum absolute atomic E-state index is 0.130. The van der Waals surface area contributed by atoms with E-state index >= 15 is 0 Å². The van der Waals surface area contributed by atoms with Gasteiger partial charge >= 0.3 is 0 Å². The Labute approximate surface area is 196 Å². The first kappa shape index (κ1) is 26.8. The molecule has 0 aliphatic heterocycles. The van der Waals surface area contributed by atoms with Gasteiger partial charge in [-0.3, -0.25) is 9.69 Å². The van der Waals surface area contributed by atoms with Gasteiger partial charge in [-0.2, -0.15) is 4.72 Å². The van der Waals surface area contributed by atoms with Crippen molar-refractivity contribution in [1.82, 2.24) is 14.9 Å². The molecular weight excluding hydrogens is 445 g/mol. The van der Waals surface area contributed by atoms with Crippen LogP contribution in [-0.4, -0.2) is 52.0 Å². The number of sulfonamides is 1. The highest BCUT2D eigenvalue weighted by atomic mass is 32.2. The normalized spacial score (nSPS) is 13.7. The molecular formula is C24H34FN3O4S. The number of benzene rings is 2. The summed E-state index contributed by atoms with van der Waals surface area (Å²) in [5, 5.41) is 2.90. The number of hydrogen-bond donors (Lipinski definition) is 2. The molecule has 2 atom stereocenters. The molecule has 2 N–H and O–H groups in total. The Morgan fingerprint density at radius 3 is 2.33 bits per heavy atom. The fourth-order valence-electron chi connectivity index (χ4n) is 3.66. The van der Waals surface area contributed by atoms with Crippen molar-refractivity contribution in [3.63, 3.8) is 0 Å². The molecule has 2 rings (SSSR count). The first-order valence-corrected chi connectivity index (χ1v) is 12.5. The molecule has 0 fully saturated rings. The summed E-state index contributed by atoms with van der Waals surface area (Å²) >= 11 is 0. The molecule has 1 unspecified atom stereocenters. The highest BCUT2D eigenvalue weighted by molar-refractivity contribution is 7.89. The molecule has 0 aliphatic rings. The standard InChI is InChI=1S/C24H34FN3O4S/c1-6-28(7-2)21(18-11-10-12-19(15-18)32-5)16-26-24(29)23(17(3)4)27-33(30,31)22-14-9-8-13-20(22)25/h8-15,17,21,23,27H,6-7,16H2,1-5H3,(H,26,29)/t21?,23-/m0/s1. The van der Waals surface area contributed by atoms with Crippen molar-refractivity contribution < 1.29 is 22.3 Å². The third-order valence-electron chi connectivity index (χ3n) is 5.56. The monoisotopic (exact) mass is 479 g/mol. The lowest BCUT2D eigenvalue weighted by Gasteiger charge is -2.31. The zero-order chi connectivity index (χ0) is 24.6. The van der Waals surface area contributed by atoms with E-state index in [1.807, 2.05) is 38.1 Å². The second kappa shape index (κ2) is 12.1.